The van der Waals surface area contributed by atoms with Gasteiger partial charge in [-0.25, -0.2) is 0 Å². The molecule has 0 bridgehead atoms. The van der Waals surface area contributed by atoms with E-state index in [4.69, 9.17) is 15.6 Å². The molecule has 0 fully saturated rings. The van der Waals surface area contributed by atoms with E-state index in [1.165, 1.54) is 5.56 Å². The standard InChI is InChI=1S/C15H23NO3/c1-11(8-13(10-16)15(17)18)6-7-12-4-3-5-14(9-12)19-2/h3-5,9,11,13H,6-8,10,16H2,1-2H3,(H,17,18). The van der Waals surface area contributed by atoms with Crippen molar-refractivity contribution >= 4 is 5.97 Å². The molecule has 0 aliphatic rings. The van der Waals surface area contributed by atoms with Crippen LogP contribution in [-0.4, -0.2) is 24.7 Å². The van der Waals surface area contributed by atoms with Crippen molar-refractivity contribution in [3.63, 3.8) is 0 Å². The highest BCUT2D eigenvalue weighted by atomic mass is 16.5. The Balaban J connectivity index is 2.44. The highest BCUT2D eigenvalue weighted by Gasteiger charge is 2.18. The summed E-state index contributed by atoms with van der Waals surface area (Å²) >= 11 is 0. The fourth-order valence-electron chi connectivity index (χ4n) is 2.14. The number of aliphatic carboxylic acids is 1. The van der Waals surface area contributed by atoms with Crippen molar-refractivity contribution in [3.8, 4) is 5.75 Å². The van der Waals surface area contributed by atoms with Crippen LogP contribution >= 0.6 is 0 Å². The second-order valence-corrected chi connectivity index (χ2v) is 5.00. The van der Waals surface area contributed by atoms with Gasteiger partial charge in [0.2, 0.25) is 0 Å². The van der Waals surface area contributed by atoms with E-state index in [2.05, 4.69) is 13.0 Å². The number of nitrogens with two attached hydrogens (primary N) is 1. The van der Waals surface area contributed by atoms with Crippen molar-refractivity contribution in [1.82, 2.24) is 0 Å². The van der Waals surface area contributed by atoms with Crippen molar-refractivity contribution in [2.75, 3.05) is 13.7 Å². The Bertz CT molecular complexity index is 406. The van der Waals surface area contributed by atoms with E-state index in [0.717, 1.165) is 18.6 Å². The minimum Gasteiger partial charge on any atom is -0.497 e. The maximum Gasteiger partial charge on any atom is 0.307 e. The lowest BCUT2D eigenvalue weighted by Gasteiger charge is -2.16. The van der Waals surface area contributed by atoms with E-state index in [1.54, 1.807) is 7.11 Å². The van der Waals surface area contributed by atoms with Crippen molar-refractivity contribution in [1.29, 1.82) is 0 Å². The van der Waals surface area contributed by atoms with E-state index in [-0.39, 0.29) is 6.54 Å². The van der Waals surface area contributed by atoms with Crippen molar-refractivity contribution in [2.45, 2.75) is 26.2 Å². The molecule has 4 nitrogen and oxygen atoms in total. The Hall–Kier alpha value is -1.55. The maximum atomic E-state index is 10.9. The Kier molecular flexibility index (Phi) is 6.36. The Morgan fingerprint density at radius 2 is 2.21 bits per heavy atom. The quantitative estimate of drug-likeness (QED) is 0.756. The molecule has 0 aliphatic carbocycles. The van der Waals surface area contributed by atoms with Crippen molar-refractivity contribution < 1.29 is 14.6 Å². The number of hydrogen-bond donors (Lipinski definition) is 2. The van der Waals surface area contributed by atoms with Gasteiger partial charge in [-0.2, -0.15) is 0 Å². The van der Waals surface area contributed by atoms with Crippen LogP contribution < -0.4 is 10.5 Å². The molecule has 4 heteroatoms. The van der Waals surface area contributed by atoms with Gasteiger partial charge in [0.05, 0.1) is 13.0 Å². The second kappa shape index (κ2) is 7.79. The minimum atomic E-state index is -0.796. The molecule has 0 heterocycles. The molecular weight excluding hydrogens is 242 g/mol. The molecule has 1 aromatic rings. The first-order valence-corrected chi connectivity index (χ1v) is 6.62. The van der Waals surface area contributed by atoms with Gasteiger partial charge < -0.3 is 15.6 Å². The SMILES string of the molecule is COc1cccc(CCC(C)CC(CN)C(=O)O)c1. The normalized spacial score (nSPS) is 13.8. The predicted octanol–water partition coefficient (Wildman–Crippen LogP) is 2.31. The number of rotatable bonds is 8. The molecular formula is C15H23NO3. The lowest BCUT2D eigenvalue weighted by Crippen LogP contribution is -2.25. The van der Waals surface area contributed by atoms with Crippen LogP contribution in [0.2, 0.25) is 0 Å². The van der Waals surface area contributed by atoms with Crippen molar-refractivity contribution in [2.24, 2.45) is 17.6 Å². The number of aryl methyl sites for hydroxylation is 1. The summed E-state index contributed by atoms with van der Waals surface area (Å²) in [5.41, 5.74) is 6.68. The first-order chi connectivity index (χ1) is 9.06. The van der Waals surface area contributed by atoms with Crippen LogP contribution in [0.3, 0.4) is 0 Å². The van der Waals surface area contributed by atoms with Crippen molar-refractivity contribution in [3.05, 3.63) is 29.8 Å². The van der Waals surface area contributed by atoms with E-state index < -0.39 is 11.9 Å². The zero-order chi connectivity index (χ0) is 14.3. The summed E-state index contributed by atoms with van der Waals surface area (Å²) < 4.78 is 5.18. The third-order valence-electron chi connectivity index (χ3n) is 3.38. The largest absolute Gasteiger partial charge is 0.497 e. The van der Waals surface area contributed by atoms with Gasteiger partial charge in [0.15, 0.2) is 0 Å². The molecule has 106 valence electrons. The fourth-order valence-corrected chi connectivity index (χ4v) is 2.14. The molecule has 0 spiro atoms. The molecule has 3 N–H and O–H groups in total. The minimum absolute atomic E-state index is 0.207. The zero-order valence-electron chi connectivity index (χ0n) is 11.6. The highest BCUT2D eigenvalue weighted by molar-refractivity contribution is 5.70. The van der Waals surface area contributed by atoms with E-state index in [0.29, 0.717) is 12.3 Å². The van der Waals surface area contributed by atoms with E-state index in [1.807, 2.05) is 18.2 Å². The molecule has 19 heavy (non-hydrogen) atoms. The van der Waals surface area contributed by atoms with Crippen LogP contribution in [-0.2, 0) is 11.2 Å². The van der Waals surface area contributed by atoms with Crippen LogP contribution in [0.1, 0.15) is 25.3 Å². The highest BCUT2D eigenvalue weighted by Crippen LogP contribution is 2.20. The molecule has 0 aromatic heterocycles. The van der Waals surface area contributed by atoms with Crippen LogP contribution in [0.5, 0.6) is 5.75 Å². The third kappa shape index (κ3) is 5.30. The number of ether oxygens (including phenoxy) is 1. The predicted molar refractivity (Wildman–Crippen MR) is 75.3 cm³/mol. The molecule has 2 unspecified atom stereocenters. The Morgan fingerprint density at radius 3 is 2.79 bits per heavy atom. The number of carbonyl (C=O) groups is 1. The molecule has 0 amide bonds. The number of methoxy groups -OCH3 is 1. The average Bonchev–Trinajstić information content (AvgIpc) is 2.42. The van der Waals surface area contributed by atoms with Crippen LogP contribution in [0.25, 0.3) is 0 Å². The molecule has 0 radical (unpaired) electrons. The Labute approximate surface area is 114 Å². The molecule has 1 rings (SSSR count). The molecule has 0 aliphatic heterocycles. The van der Waals surface area contributed by atoms with Gasteiger partial charge in [0.25, 0.3) is 0 Å². The van der Waals surface area contributed by atoms with Crippen LogP contribution in [0, 0.1) is 11.8 Å². The smallest absolute Gasteiger partial charge is 0.307 e. The number of hydrogen-bond acceptors (Lipinski definition) is 3. The number of benzene rings is 1. The average molecular weight is 265 g/mol. The topological polar surface area (TPSA) is 72.5 Å². The summed E-state index contributed by atoms with van der Waals surface area (Å²) in [6.45, 7) is 2.28. The van der Waals surface area contributed by atoms with Gasteiger partial charge in [-0.1, -0.05) is 19.1 Å². The fraction of sp³-hybridized carbons (Fsp3) is 0.533. The van der Waals surface area contributed by atoms with E-state index >= 15 is 0 Å². The van der Waals surface area contributed by atoms with Gasteiger partial charge >= 0.3 is 5.97 Å². The third-order valence-corrected chi connectivity index (χ3v) is 3.38. The summed E-state index contributed by atoms with van der Waals surface area (Å²) in [6.07, 6.45) is 2.52. The van der Waals surface area contributed by atoms with Crippen LogP contribution in [0.15, 0.2) is 24.3 Å². The number of carboxylic acids is 1. The first-order valence-electron chi connectivity index (χ1n) is 6.62. The van der Waals surface area contributed by atoms with Gasteiger partial charge in [-0.15, -0.1) is 0 Å². The van der Waals surface area contributed by atoms with Gasteiger partial charge in [0, 0.05) is 6.54 Å². The zero-order valence-corrected chi connectivity index (χ0v) is 11.6. The monoisotopic (exact) mass is 265 g/mol. The molecule has 2 atom stereocenters. The summed E-state index contributed by atoms with van der Waals surface area (Å²) in [5, 5.41) is 8.98. The summed E-state index contributed by atoms with van der Waals surface area (Å²) in [7, 11) is 1.65. The van der Waals surface area contributed by atoms with Gasteiger partial charge in [-0.3, -0.25) is 4.79 Å². The van der Waals surface area contributed by atoms with Crippen LogP contribution in [0.4, 0.5) is 0 Å². The second-order valence-electron chi connectivity index (χ2n) is 5.00. The molecule has 0 saturated heterocycles. The maximum absolute atomic E-state index is 10.9. The summed E-state index contributed by atoms with van der Waals surface area (Å²) in [5.74, 6) is -0.0255. The van der Waals surface area contributed by atoms with E-state index in [9.17, 15) is 4.79 Å². The lowest BCUT2D eigenvalue weighted by molar-refractivity contribution is -0.141. The summed E-state index contributed by atoms with van der Waals surface area (Å²) in [4.78, 5) is 10.9. The lowest BCUT2D eigenvalue weighted by atomic mass is 9.91. The van der Waals surface area contributed by atoms with Gasteiger partial charge in [0.1, 0.15) is 5.75 Å². The Morgan fingerprint density at radius 1 is 1.47 bits per heavy atom. The molecule has 1 aromatic carbocycles. The first kappa shape index (κ1) is 15.5. The summed E-state index contributed by atoms with van der Waals surface area (Å²) in [6, 6.07) is 7.97. The molecule has 0 saturated carbocycles. The number of carboxylic acid groups (broad SMARTS) is 1. The van der Waals surface area contributed by atoms with Gasteiger partial charge in [-0.05, 0) is 42.9 Å².